The second-order valence-corrected chi connectivity index (χ2v) is 4.99. The maximum absolute atomic E-state index is 13.0. The molecule has 2 heteroatoms. The van der Waals surface area contributed by atoms with E-state index in [-0.39, 0.29) is 5.82 Å². The second-order valence-electron chi connectivity index (χ2n) is 4.99. The average Bonchev–Trinajstić information content (AvgIpc) is 2.68. The van der Waals surface area contributed by atoms with Crippen LogP contribution >= 0.6 is 0 Å². The molecule has 0 amide bonds. The van der Waals surface area contributed by atoms with Gasteiger partial charge in [0.1, 0.15) is 11.4 Å². The zero-order chi connectivity index (χ0) is 12.8. The Morgan fingerprint density at radius 3 is 2.56 bits per heavy atom. The Morgan fingerprint density at radius 1 is 1.11 bits per heavy atom. The highest BCUT2D eigenvalue weighted by molar-refractivity contribution is 5.44. The van der Waals surface area contributed by atoms with Crippen molar-refractivity contribution in [3.63, 3.8) is 0 Å². The Kier molecular flexibility index (Phi) is 2.49. The Hall–Kier alpha value is -1.67. The first-order valence-corrected chi connectivity index (χ1v) is 6.09. The molecule has 0 bridgehead atoms. The highest BCUT2D eigenvalue weighted by Crippen LogP contribution is 2.41. The molecule has 1 aliphatic rings. The van der Waals surface area contributed by atoms with Crippen LogP contribution in [-0.4, -0.2) is 0 Å². The predicted molar refractivity (Wildman–Crippen MR) is 68.8 cm³/mol. The molecule has 1 heterocycles. The predicted octanol–water partition coefficient (Wildman–Crippen LogP) is 3.93. The van der Waals surface area contributed by atoms with Gasteiger partial charge in [0.2, 0.25) is 0 Å². The minimum absolute atomic E-state index is 0.218. The van der Waals surface area contributed by atoms with Gasteiger partial charge in [0, 0.05) is 0 Å². The summed E-state index contributed by atoms with van der Waals surface area (Å²) >= 11 is 0. The van der Waals surface area contributed by atoms with E-state index in [0.717, 1.165) is 5.56 Å². The van der Waals surface area contributed by atoms with Crippen LogP contribution in [0.15, 0.2) is 42.5 Å². The number of hydrogen-bond donors (Lipinski definition) is 0. The van der Waals surface area contributed by atoms with Crippen molar-refractivity contribution >= 4 is 0 Å². The monoisotopic (exact) mass is 242 g/mol. The van der Waals surface area contributed by atoms with Crippen molar-refractivity contribution in [1.29, 1.82) is 0 Å². The SMILES string of the molecule is Cc1ccc2c(c1)COC2(C)c1ccc(F)cc1. The van der Waals surface area contributed by atoms with Crippen LogP contribution in [0.4, 0.5) is 4.39 Å². The summed E-state index contributed by atoms with van der Waals surface area (Å²) in [5.74, 6) is -0.218. The minimum atomic E-state index is -0.462. The normalized spacial score (nSPS) is 21.9. The smallest absolute Gasteiger partial charge is 0.123 e. The lowest BCUT2D eigenvalue weighted by Gasteiger charge is -2.25. The highest BCUT2D eigenvalue weighted by atomic mass is 19.1. The zero-order valence-corrected chi connectivity index (χ0v) is 10.5. The Morgan fingerprint density at radius 2 is 1.83 bits per heavy atom. The number of ether oxygens (including phenoxy) is 1. The fourth-order valence-electron chi connectivity index (χ4n) is 2.61. The number of aryl methyl sites for hydroxylation is 1. The molecular weight excluding hydrogens is 227 g/mol. The summed E-state index contributed by atoms with van der Waals surface area (Å²) in [4.78, 5) is 0. The van der Waals surface area contributed by atoms with Crippen LogP contribution < -0.4 is 0 Å². The molecule has 18 heavy (non-hydrogen) atoms. The third-order valence-electron chi connectivity index (χ3n) is 3.69. The maximum Gasteiger partial charge on any atom is 0.123 e. The van der Waals surface area contributed by atoms with Gasteiger partial charge in [-0.05, 0) is 42.7 Å². The van der Waals surface area contributed by atoms with Crippen molar-refractivity contribution in [2.24, 2.45) is 0 Å². The summed E-state index contributed by atoms with van der Waals surface area (Å²) in [7, 11) is 0. The Balaban J connectivity index is 2.11. The Bertz CT molecular complexity index is 589. The van der Waals surface area contributed by atoms with Crippen molar-refractivity contribution in [1.82, 2.24) is 0 Å². The molecule has 0 radical (unpaired) electrons. The second kappa shape index (κ2) is 3.92. The number of benzene rings is 2. The van der Waals surface area contributed by atoms with E-state index < -0.39 is 5.60 Å². The van der Waals surface area contributed by atoms with E-state index in [2.05, 4.69) is 25.1 Å². The molecule has 0 fully saturated rings. The quantitative estimate of drug-likeness (QED) is 0.736. The summed E-state index contributed by atoms with van der Waals surface area (Å²) in [5, 5.41) is 0. The standard InChI is InChI=1S/C16H15FO/c1-11-3-8-15-12(9-11)10-18-16(15,2)13-4-6-14(17)7-5-13/h3-9H,10H2,1-2H3. The summed E-state index contributed by atoms with van der Waals surface area (Å²) in [6, 6.07) is 12.9. The molecule has 1 nitrogen and oxygen atoms in total. The van der Waals surface area contributed by atoms with Gasteiger partial charge in [-0.3, -0.25) is 0 Å². The van der Waals surface area contributed by atoms with Crippen LogP contribution in [0.3, 0.4) is 0 Å². The van der Waals surface area contributed by atoms with E-state index in [9.17, 15) is 4.39 Å². The van der Waals surface area contributed by atoms with Gasteiger partial charge < -0.3 is 4.74 Å². The molecule has 0 N–H and O–H groups in total. The van der Waals surface area contributed by atoms with Crippen molar-refractivity contribution in [2.75, 3.05) is 0 Å². The van der Waals surface area contributed by atoms with E-state index >= 15 is 0 Å². The van der Waals surface area contributed by atoms with Crippen molar-refractivity contribution < 1.29 is 9.13 Å². The molecule has 1 atom stereocenters. The molecular formula is C16H15FO. The van der Waals surface area contributed by atoms with Gasteiger partial charge in [-0.15, -0.1) is 0 Å². The molecule has 0 spiro atoms. The summed E-state index contributed by atoms with van der Waals surface area (Å²) in [6.45, 7) is 4.74. The van der Waals surface area contributed by atoms with E-state index in [4.69, 9.17) is 4.74 Å². The first-order valence-electron chi connectivity index (χ1n) is 6.09. The molecule has 92 valence electrons. The Labute approximate surface area is 106 Å². The minimum Gasteiger partial charge on any atom is -0.361 e. The van der Waals surface area contributed by atoms with Crippen LogP contribution in [0.25, 0.3) is 0 Å². The van der Waals surface area contributed by atoms with Crippen molar-refractivity contribution in [2.45, 2.75) is 26.1 Å². The van der Waals surface area contributed by atoms with Gasteiger partial charge in [0.25, 0.3) is 0 Å². The van der Waals surface area contributed by atoms with E-state index in [1.54, 1.807) is 12.1 Å². The van der Waals surface area contributed by atoms with Crippen LogP contribution in [-0.2, 0) is 16.9 Å². The van der Waals surface area contributed by atoms with E-state index in [0.29, 0.717) is 6.61 Å². The fourth-order valence-corrected chi connectivity index (χ4v) is 2.61. The first kappa shape index (κ1) is 11.4. The summed E-state index contributed by atoms with van der Waals surface area (Å²) in [5.41, 5.74) is 4.17. The van der Waals surface area contributed by atoms with Crippen molar-refractivity contribution in [3.8, 4) is 0 Å². The van der Waals surface area contributed by atoms with Gasteiger partial charge in [0.15, 0.2) is 0 Å². The van der Waals surface area contributed by atoms with Gasteiger partial charge >= 0.3 is 0 Å². The van der Waals surface area contributed by atoms with E-state index in [1.165, 1.54) is 28.8 Å². The number of hydrogen-bond acceptors (Lipinski definition) is 1. The fraction of sp³-hybridized carbons (Fsp3) is 0.250. The topological polar surface area (TPSA) is 9.23 Å². The van der Waals surface area contributed by atoms with Gasteiger partial charge in [0.05, 0.1) is 6.61 Å². The number of fused-ring (bicyclic) bond motifs is 1. The van der Waals surface area contributed by atoms with Gasteiger partial charge in [-0.1, -0.05) is 35.9 Å². The van der Waals surface area contributed by atoms with E-state index in [1.807, 2.05) is 6.92 Å². The van der Waals surface area contributed by atoms with Crippen LogP contribution in [0.1, 0.15) is 29.2 Å². The summed E-state index contributed by atoms with van der Waals surface area (Å²) < 4.78 is 19.0. The zero-order valence-electron chi connectivity index (χ0n) is 10.5. The molecule has 0 saturated heterocycles. The maximum atomic E-state index is 13.0. The molecule has 3 rings (SSSR count). The lowest BCUT2D eigenvalue weighted by atomic mass is 9.87. The lowest BCUT2D eigenvalue weighted by molar-refractivity contribution is 0.00967. The van der Waals surface area contributed by atoms with Crippen LogP contribution in [0, 0.1) is 12.7 Å². The van der Waals surface area contributed by atoms with Crippen molar-refractivity contribution in [3.05, 3.63) is 70.5 Å². The largest absolute Gasteiger partial charge is 0.361 e. The third-order valence-corrected chi connectivity index (χ3v) is 3.69. The molecule has 0 aliphatic carbocycles. The van der Waals surface area contributed by atoms with Gasteiger partial charge in [-0.2, -0.15) is 0 Å². The third kappa shape index (κ3) is 1.65. The number of halogens is 1. The molecule has 0 saturated carbocycles. The van der Waals surface area contributed by atoms with Crippen LogP contribution in [0.5, 0.6) is 0 Å². The first-order chi connectivity index (χ1) is 8.59. The van der Waals surface area contributed by atoms with Gasteiger partial charge in [-0.25, -0.2) is 4.39 Å². The summed E-state index contributed by atoms with van der Waals surface area (Å²) in [6.07, 6.45) is 0. The molecule has 2 aromatic rings. The molecule has 2 aromatic carbocycles. The number of rotatable bonds is 1. The van der Waals surface area contributed by atoms with Crippen LogP contribution in [0.2, 0.25) is 0 Å². The lowest BCUT2D eigenvalue weighted by Crippen LogP contribution is -2.22. The highest BCUT2D eigenvalue weighted by Gasteiger charge is 2.37. The molecule has 0 aromatic heterocycles. The molecule has 1 unspecified atom stereocenters. The molecule has 1 aliphatic heterocycles. The average molecular weight is 242 g/mol.